The molecule has 0 spiro atoms. The van der Waals surface area contributed by atoms with Crippen LogP contribution in [0.3, 0.4) is 0 Å². The van der Waals surface area contributed by atoms with Gasteiger partial charge in [0.05, 0.1) is 6.54 Å². The highest BCUT2D eigenvalue weighted by Gasteiger charge is 2.20. The topological polar surface area (TPSA) is 60.0 Å². The third-order valence-electron chi connectivity index (χ3n) is 4.28. The summed E-state index contributed by atoms with van der Waals surface area (Å²) in [4.78, 5) is 20.9. The fourth-order valence-corrected chi connectivity index (χ4v) is 3.00. The van der Waals surface area contributed by atoms with Gasteiger partial charge in [-0.25, -0.2) is 0 Å². The van der Waals surface area contributed by atoms with Gasteiger partial charge < -0.3 is 15.5 Å². The van der Waals surface area contributed by atoms with Crippen LogP contribution in [0.25, 0.3) is 6.08 Å². The number of rotatable bonds is 5. The van der Waals surface area contributed by atoms with E-state index in [9.17, 15) is 4.79 Å². The molecule has 1 aromatic rings. The van der Waals surface area contributed by atoms with E-state index in [1.54, 1.807) is 7.05 Å². The molecule has 28 heavy (non-hydrogen) atoms. The molecule has 0 unspecified atom stereocenters. The van der Waals surface area contributed by atoms with Crippen LogP contribution in [0.4, 0.5) is 0 Å². The van der Waals surface area contributed by atoms with Crippen molar-refractivity contribution in [3.63, 3.8) is 0 Å². The van der Waals surface area contributed by atoms with Crippen LogP contribution in [0.15, 0.2) is 41.4 Å². The molecule has 156 valence electrons. The van der Waals surface area contributed by atoms with Gasteiger partial charge in [-0.1, -0.05) is 42.5 Å². The quantitative estimate of drug-likeness (QED) is 0.371. The number of hydrogen-bond donors (Lipinski definition) is 2. The average molecular weight is 499 g/mol. The molecule has 7 heteroatoms. The highest BCUT2D eigenvalue weighted by molar-refractivity contribution is 14.0. The molecular weight excluding hydrogens is 465 g/mol. The molecule has 1 aliphatic rings. The van der Waals surface area contributed by atoms with Crippen molar-refractivity contribution >= 4 is 41.9 Å². The summed E-state index contributed by atoms with van der Waals surface area (Å²) in [6, 6.07) is 10.4. The lowest BCUT2D eigenvalue weighted by Gasteiger charge is -2.36. The number of guanidine groups is 1. The Morgan fingerprint density at radius 3 is 2.36 bits per heavy atom. The zero-order chi connectivity index (χ0) is 19.7. The highest BCUT2D eigenvalue weighted by atomic mass is 127. The van der Waals surface area contributed by atoms with Crippen molar-refractivity contribution in [1.29, 1.82) is 0 Å². The number of nitrogens with one attached hydrogen (secondary N) is 2. The Labute approximate surface area is 186 Å². The number of benzene rings is 1. The fourth-order valence-electron chi connectivity index (χ4n) is 3.00. The van der Waals surface area contributed by atoms with E-state index in [0.717, 1.165) is 38.7 Å². The first-order valence-electron chi connectivity index (χ1n) is 9.58. The van der Waals surface area contributed by atoms with Crippen molar-refractivity contribution in [2.75, 3.05) is 46.3 Å². The van der Waals surface area contributed by atoms with Crippen LogP contribution >= 0.6 is 24.0 Å². The number of piperazine rings is 1. The monoisotopic (exact) mass is 499 g/mol. The summed E-state index contributed by atoms with van der Waals surface area (Å²) in [5.41, 5.74) is 1.01. The molecule has 1 fully saturated rings. The second kappa shape index (κ2) is 12.1. The zero-order valence-electron chi connectivity index (χ0n) is 17.4. The van der Waals surface area contributed by atoms with Crippen molar-refractivity contribution in [3.05, 3.63) is 42.0 Å². The summed E-state index contributed by atoms with van der Waals surface area (Å²) in [7, 11) is 1.76. The number of carbonyl (C=O) groups is 1. The molecule has 0 bridgehead atoms. The van der Waals surface area contributed by atoms with Crippen molar-refractivity contribution < 1.29 is 4.79 Å². The van der Waals surface area contributed by atoms with Gasteiger partial charge in [0, 0.05) is 45.3 Å². The van der Waals surface area contributed by atoms with Gasteiger partial charge in [-0.2, -0.15) is 0 Å². The van der Waals surface area contributed by atoms with Gasteiger partial charge >= 0.3 is 0 Å². The third-order valence-corrected chi connectivity index (χ3v) is 4.28. The van der Waals surface area contributed by atoms with E-state index in [-0.39, 0.29) is 42.0 Å². The van der Waals surface area contributed by atoms with E-state index >= 15 is 0 Å². The maximum atomic E-state index is 12.0. The molecule has 6 nitrogen and oxygen atoms in total. The lowest BCUT2D eigenvalue weighted by Crippen LogP contribution is -2.54. The Hall–Kier alpha value is -1.61. The summed E-state index contributed by atoms with van der Waals surface area (Å²) < 4.78 is 0. The normalized spacial score (nSPS) is 16.0. The molecule has 1 amide bonds. The minimum Gasteiger partial charge on any atom is -0.350 e. The Balaban J connectivity index is 0.00000392. The number of amides is 1. The molecule has 1 saturated heterocycles. The minimum atomic E-state index is -0.221. The second-order valence-corrected chi connectivity index (χ2v) is 7.80. The van der Waals surface area contributed by atoms with Crippen LogP contribution in [0.2, 0.25) is 0 Å². The zero-order valence-corrected chi connectivity index (χ0v) is 19.8. The van der Waals surface area contributed by atoms with E-state index in [4.69, 9.17) is 0 Å². The molecular formula is C21H34IN5O. The van der Waals surface area contributed by atoms with Gasteiger partial charge in [-0.3, -0.25) is 14.7 Å². The Bertz CT molecular complexity index is 647. The smallest absolute Gasteiger partial charge is 0.239 e. The van der Waals surface area contributed by atoms with Crippen molar-refractivity contribution in [2.45, 2.75) is 26.3 Å². The number of halogens is 1. The molecule has 0 saturated carbocycles. The highest BCUT2D eigenvalue weighted by Crippen LogP contribution is 2.05. The van der Waals surface area contributed by atoms with Gasteiger partial charge in [-0.05, 0) is 26.3 Å². The van der Waals surface area contributed by atoms with Crippen LogP contribution in [0, 0.1) is 0 Å². The third kappa shape index (κ3) is 9.05. The van der Waals surface area contributed by atoms with E-state index in [1.165, 1.54) is 5.56 Å². The SMILES string of the molecule is CN=C(NCC(=O)NC(C)(C)C)N1CCN(C/C=C/c2ccccc2)CC1.I. The first kappa shape index (κ1) is 24.4. The Morgan fingerprint density at radius 2 is 1.79 bits per heavy atom. The van der Waals surface area contributed by atoms with Gasteiger partial charge in [-0.15, -0.1) is 24.0 Å². The van der Waals surface area contributed by atoms with Crippen molar-refractivity contribution in [3.8, 4) is 0 Å². The van der Waals surface area contributed by atoms with E-state index in [0.29, 0.717) is 0 Å². The van der Waals surface area contributed by atoms with Crippen LogP contribution < -0.4 is 10.6 Å². The maximum Gasteiger partial charge on any atom is 0.239 e. The standard InChI is InChI=1S/C21H33N5O.HI/c1-21(2,3)24-19(27)17-23-20(22-4)26-15-13-25(14-16-26)12-8-11-18-9-6-5-7-10-18;/h5-11H,12-17H2,1-4H3,(H,22,23)(H,24,27);1H/b11-8+;. The van der Waals surface area contributed by atoms with Gasteiger partial charge in [0.25, 0.3) is 0 Å². The summed E-state index contributed by atoms with van der Waals surface area (Å²) in [5, 5.41) is 6.13. The van der Waals surface area contributed by atoms with Crippen LogP contribution in [-0.2, 0) is 4.79 Å². The molecule has 0 radical (unpaired) electrons. The predicted octanol–water partition coefficient (Wildman–Crippen LogP) is 2.43. The van der Waals surface area contributed by atoms with Gasteiger partial charge in [0.15, 0.2) is 5.96 Å². The molecule has 1 heterocycles. The largest absolute Gasteiger partial charge is 0.350 e. The van der Waals surface area contributed by atoms with Crippen LogP contribution in [0.5, 0.6) is 0 Å². The first-order valence-corrected chi connectivity index (χ1v) is 9.58. The molecule has 1 aliphatic heterocycles. The second-order valence-electron chi connectivity index (χ2n) is 7.80. The minimum absolute atomic E-state index is 0. The number of nitrogens with zero attached hydrogens (tertiary/aromatic N) is 3. The Morgan fingerprint density at radius 1 is 1.14 bits per heavy atom. The molecule has 0 aliphatic carbocycles. The van der Waals surface area contributed by atoms with E-state index in [2.05, 4.69) is 61.8 Å². The lowest BCUT2D eigenvalue weighted by molar-refractivity contribution is -0.121. The summed E-state index contributed by atoms with van der Waals surface area (Å²) in [6.45, 7) is 10.9. The molecule has 1 aromatic carbocycles. The Kier molecular flexibility index (Phi) is 10.5. The summed E-state index contributed by atoms with van der Waals surface area (Å²) >= 11 is 0. The van der Waals surface area contributed by atoms with Gasteiger partial charge in [0.1, 0.15) is 0 Å². The van der Waals surface area contributed by atoms with Crippen molar-refractivity contribution in [2.24, 2.45) is 4.99 Å². The van der Waals surface area contributed by atoms with Crippen LogP contribution in [0.1, 0.15) is 26.3 Å². The van der Waals surface area contributed by atoms with E-state index in [1.807, 2.05) is 26.8 Å². The molecule has 2 rings (SSSR count). The van der Waals surface area contributed by atoms with E-state index < -0.39 is 0 Å². The molecule has 0 aromatic heterocycles. The lowest BCUT2D eigenvalue weighted by atomic mass is 10.1. The number of aliphatic imine (C=N–C) groups is 1. The number of hydrogen-bond acceptors (Lipinski definition) is 3. The molecule has 2 N–H and O–H groups in total. The fraction of sp³-hybridized carbons (Fsp3) is 0.524. The van der Waals surface area contributed by atoms with Crippen LogP contribution in [-0.4, -0.2) is 73.5 Å². The predicted molar refractivity (Wildman–Crippen MR) is 128 cm³/mol. The molecule has 0 atom stereocenters. The summed E-state index contributed by atoms with van der Waals surface area (Å²) in [5.74, 6) is 0.770. The van der Waals surface area contributed by atoms with Gasteiger partial charge in [0.2, 0.25) is 5.91 Å². The van der Waals surface area contributed by atoms with Crippen molar-refractivity contribution in [1.82, 2.24) is 20.4 Å². The average Bonchev–Trinajstić information content (AvgIpc) is 2.63. The number of carbonyl (C=O) groups excluding carboxylic acids is 1. The maximum absolute atomic E-state index is 12.0. The summed E-state index contributed by atoms with van der Waals surface area (Å²) in [6.07, 6.45) is 4.38. The first-order chi connectivity index (χ1) is 12.9.